The minimum Gasteiger partial charge on any atom is -0.383 e. The summed E-state index contributed by atoms with van der Waals surface area (Å²) in [6, 6.07) is 4.86. The first-order valence-electron chi connectivity index (χ1n) is 6.21. The summed E-state index contributed by atoms with van der Waals surface area (Å²) in [6.07, 6.45) is 1.20. The molecule has 0 spiro atoms. The van der Waals surface area contributed by atoms with E-state index in [2.05, 4.69) is 5.32 Å². The highest BCUT2D eigenvalue weighted by Crippen LogP contribution is 2.25. The molecule has 0 atom stereocenters. The monoisotopic (exact) mass is 321 g/mol. The Kier molecular flexibility index (Phi) is 7.50. The van der Waals surface area contributed by atoms with Gasteiger partial charge >= 0.3 is 0 Å². The third-order valence-corrected chi connectivity index (χ3v) is 4.88. The van der Waals surface area contributed by atoms with Gasteiger partial charge in [-0.3, -0.25) is 0 Å². The molecule has 0 aliphatic rings. The first kappa shape index (κ1) is 17.4. The van der Waals surface area contributed by atoms with E-state index < -0.39 is 9.84 Å². The highest BCUT2D eigenvalue weighted by Gasteiger charge is 2.10. The normalized spacial score (nSPS) is 11.8. The summed E-state index contributed by atoms with van der Waals surface area (Å²) in [4.78, 5) is 0.776. The van der Waals surface area contributed by atoms with Crippen molar-refractivity contribution in [1.82, 2.24) is 5.32 Å². The third kappa shape index (κ3) is 6.69. The van der Waals surface area contributed by atoms with Gasteiger partial charge in [-0.1, -0.05) is 6.07 Å². The topological polar surface area (TPSA) is 55.4 Å². The number of hydrogen-bond acceptors (Lipinski definition) is 5. The van der Waals surface area contributed by atoms with Crippen molar-refractivity contribution < 1.29 is 17.5 Å². The van der Waals surface area contributed by atoms with E-state index in [1.807, 2.05) is 6.07 Å². The second kappa shape index (κ2) is 8.61. The molecule has 0 unspecified atom stereocenters. The number of methoxy groups -OCH3 is 1. The summed E-state index contributed by atoms with van der Waals surface area (Å²) in [5.74, 6) is 0.234. The average molecular weight is 321 g/mol. The van der Waals surface area contributed by atoms with Gasteiger partial charge in [0.2, 0.25) is 0 Å². The summed E-state index contributed by atoms with van der Waals surface area (Å²) in [6.45, 7) is 1.60. The fourth-order valence-corrected chi connectivity index (χ4v) is 3.82. The van der Waals surface area contributed by atoms with Gasteiger partial charge in [-0.15, -0.1) is 11.8 Å². The molecule has 0 amide bonds. The molecule has 0 saturated carbocycles. The summed E-state index contributed by atoms with van der Waals surface area (Å²) in [5.41, 5.74) is 0.571. The van der Waals surface area contributed by atoms with Gasteiger partial charge in [0.1, 0.15) is 15.7 Å². The van der Waals surface area contributed by atoms with Gasteiger partial charge in [-0.2, -0.15) is 0 Å². The van der Waals surface area contributed by atoms with Crippen LogP contribution in [0.25, 0.3) is 0 Å². The fourth-order valence-electron chi connectivity index (χ4n) is 1.54. The van der Waals surface area contributed by atoms with Crippen LogP contribution in [0.2, 0.25) is 0 Å². The Hall–Kier alpha value is -0.630. The Morgan fingerprint density at radius 1 is 1.40 bits per heavy atom. The molecule has 4 nitrogen and oxygen atoms in total. The van der Waals surface area contributed by atoms with Crippen molar-refractivity contribution in [2.45, 2.75) is 11.4 Å². The molecule has 0 fully saturated rings. The van der Waals surface area contributed by atoms with E-state index in [9.17, 15) is 12.8 Å². The number of benzene rings is 1. The standard InChI is InChI=1S/C13H20FNO3S2/c1-18-7-6-15-10-11-12(14)4-3-5-13(11)19-8-9-20(2,16)17/h3-5,15H,6-10H2,1-2H3. The average Bonchev–Trinajstić information content (AvgIpc) is 2.35. The number of sulfone groups is 1. The van der Waals surface area contributed by atoms with E-state index in [0.717, 1.165) is 4.90 Å². The summed E-state index contributed by atoms with van der Waals surface area (Å²) in [5, 5.41) is 3.09. The van der Waals surface area contributed by atoms with E-state index in [1.54, 1.807) is 13.2 Å². The second-order valence-corrected chi connectivity index (χ2v) is 7.76. The molecule has 0 aromatic heterocycles. The molecular weight excluding hydrogens is 301 g/mol. The van der Waals surface area contributed by atoms with Gasteiger partial charge in [0, 0.05) is 42.7 Å². The lowest BCUT2D eigenvalue weighted by molar-refractivity contribution is 0.199. The zero-order chi connectivity index (χ0) is 15.0. The number of rotatable bonds is 9. The maximum Gasteiger partial charge on any atom is 0.148 e. The van der Waals surface area contributed by atoms with Crippen LogP contribution >= 0.6 is 11.8 Å². The molecular formula is C13H20FNO3S2. The summed E-state index contributed by atoms with van der Waals surface area (Å²) < 4.78 is 40.9. The minimum atomic E-state index is -2.99. The lowest BCUT2D eigenvalue weighted by Gasteiger charge is -2.11. The smallest absolute Gasteiger partial charge is 0.148 e. The molecule has 0 bridgehead atoms. The number of thioether (sulfide) groups is 1. The quantitative estimate of drug-likeness (QED) is 0.554. The molecule has 1 aromatic rings. The van der Waals surface area contributed by atoms with Gasteiger partial charge in [0.05, 0.1) is 12.4 Å². The first-order chi connectivity index (χ1) is 9.44. The van der Waals surface area contributed by atoms with Crippen molar-refractivity contribution >= 4 is 21.6 Å². The van der Waals surface area contributed by atoms with Crippen LogP contribution in [0.5, 0.6) is 0 Å². The Bertz CT molecular complexity index is 520. The Morgan fingerprint density at radius 3 is 2.80 bits per heavy atom. The van der Waals surface area contributed by atoms with Crippen molar-refractivity contribution in [2.24, 2.45) is 0 Å². The van der Waals surface area contributed by atoms with Crippen molar-refractivity contribution in [3.8, 4) is 0 Å². The molecule has 0 saturated heterocycles. The van der Waals surface area contributed by atoms with Gasteiger partial charge in [-0.05, 0) is 12.1 Å². The molecule has 1 N–H and O–H groups in total. The van der Waals surface area contributed by atoms with E-state index in [-0.39, 0.29) is 11.6 Å². The Balaban J connectivity index is 2.62. The predicted molar refractivity (Wildman–Crippen MR) is 80.4 cm³/mol. The van der Waals surface area contributed by atoms with Gasteiger partial charge in [0.25, 0.3) is 0 Å². The molecule has 0 heterocycles. The molecule has 20 heavy (non-hydrogen) atoms. The summed E-state index contributed by atoms with van der Waals surface area (Å²) in [7, 11) is -1.38. The van der Waals surface area contributed by atoms with Gasteiger partial charge in [0.15, 0.2) is 0 Å². The molecule has 0 aliphatic heterocycles. The van der Waals surface area contributed by atoms with Crippen LogP contribution in [-0.4, -0.2) is 46.4 Å². The predicted octanol–water partition coefficient (Wildman–Crippen LogP) is 1.70. The van der Waals surface area contributed by atoms with E-state index in [0.29, 0.717) is 31.0 Å². The van der Waals surface area contributed by atoms with Crippen LogP contribution in [0, 0.1) is 5.82 Å². The maximum atomic E-state index is 13.8. The van der Waals surface area contributed by atoms with E-state index in [1.165, 1.54) is 24.1 Å². The van der Waals surface area contributed by atoms with Crippen LogP contribution in [0.4, 0.5) is 4.39 Å². The molecule has 0 aliphatic carbocycles. The molecule has 7 heteroatoms. The molecule has 114 valence electrons. The maximum absolute atomic E-state index is 13.8. The van der Waals surface area contributed by atoms with Crippen molar-refractivity contribution in [3.63, 3.8) is 0 Å². The van der Waals surface area contributed by atoms with E-state index >= 15 is 0 Å². The molecule has 1 rings (SSSR count). The van der Waals surface area contributed by atoms with Gasteiger partial charge < -0.3 is 10.1 Å². The number of hydrogen-bond donors (Lipinski definition) is 1. The zero-order valence-electron chi connectivity index (χ0n) is 11.7. The van der Waals surface area contributed by atoms with Crippen LogP contribution < -0.4 is 5.32 Å². The van der Waals surface area contributed by atoms with Crippen molar-refractivity contribution in [3.05, 3.63) is 29.6 Å². The SMILES string of the molecule is COCCNCc1c(F)cccc1SCCS(C)(=O)=O. The van der Waals surface area contributed by atoms with E-state index in [4.69, 9.17) is 4.74 Å². The zero-order valence-corrected chi connectivity index (χ0v) is 13.3. The highest BCUT2D eigenvalue weighted by molar-refractivity contribution is 8.00. The second-order valence-electron chi connectivity index (χ2n) is 4.36. The molecule has 1 aromatic carbocycles. The van der Waals surface area contributed by atoms with Gasteiger partial charge in [-0.25, -0.2) is 12.8 Å². The lowest BCUT2D eigenvalue weighted by Crippen LogP contribution is -2.19. The third-order valence-electron chi connectivity index (χ3n) is 2.57. The van der Waals surface area contributed by atoms with Crippen LogP contribution in [0.3, 0.4) is 0 Å². The number of ether oxygens (including phenoxy) is 1. The van der Waals surface area contributed by atoms with Crippen LogP contribution in [0.1, 0.15) is 5.56 Å². The number of halogens is 1. The minimum absolute atomic E-state index is 0.0880. The lowest BCUT2D eigenvalue weighted by atomic mass is 10.2. The highest BCUT2D eigenvalue weighted by atomic mass is 32.2. The first-order valence-corrected chi connectivity index (χ1v) is 9.26. The van der Waals surface area contributed by atoms with Crippen molar-refractivity contribution in [1.29, 1.82) is 0 Å². The van der Waals surface area contributed by atoms with Crippen LogP contribution in [-0.2, 0) is 21.1 Å². The number of nitrogens with one attached hydrogen (secondary N) is 1. The Labute approximate surface area is 124 Å². The largest absolute Gasteiger partial charge is 0.383 e. The van der Waals surface area contributed by atoms with Crippen molar-refractivity contribution in [2.75, 3.05) is 38.0 Å². The fraction of sp³-hybridized carbons (Fsp3) is 0.538. The Morgan fingerprint density at radius 2 is 2.15 bits per heavy atom. The summed E-state index contributed by atoms with van der Waals surface area (Å²) >= 11 is 1.36. The van der Waals surface area contributed by atoms with Crippen LogP contribution in [0.15, 0.2) is 23.1 Å². The molecule has 0 radical (unpaired) electrons.